The van der Waals surface area contributed by atoms with Crippen molar-refractivity contribution in [2.24, 2.45) is 11.8 Å². The molecule has 6 rings (SSSR count). The Hall–Kier alpha value is -5.46. The highest BCUT2D eigenvalue weighted by Crippen LogP contribution is 2.33. The van der Waals surface area contributed by atoms with Crippen LogP contribution in [0.3, 0.4) is 0 Å². The lowest BCUT2D eigenvalue weighted by Gasteiger charge is -2.33. The predicted octanol–water partition coefficient (Wildman–Crippen LogP) is 4.66. The number of ether oxygens (including phenoxy) is 1. The second kappa shape index (κ2) is 14.6. The fraction of sp³-hybridized carbons (Fsp3) is 0.405. The standard InChI is InChI=1S/C37H44N8O5/c1-21(2)32-35(47)44(20-31(46)42-32)19-30-38-17-27(40-30)25-12-8-23(9-13-25)24-10-14-26(15-11-24)28-18-39-34(41-28)29-7-6-16-45(29)36(48)33(22(3)4)43-37(49)50-5/h8-15,17-18,21-22,29,32-33H,6-7,16,19-20H2,1-5H3,(H,38,40)(H,39,41)(H,42,46)(H,43,49)/t29-,32-,33-/m0/s1. The van der Waals surface area contributed by atoms with Gasteiger partial charge in [0.25, 0.3) is 0 Å². The maximum atomic E-state index is 13.5. The van der Waals surface area contributed by atoms with E-state index in [1.54, 1.807) is 22.2 Å². The second-order valence-electron chi connectivity index (χ2n) is 13.6. The third kappa shape index (κ3) is 7.26. The van der Waals surface area contributed by atoms with E-state index in [-0.39, 0.29) is 48.7 Å². The molecule has 0 aliphatic carbocycles. The van der Waals surface area contributed by atoms with Crippen molar-refractivity contribution in [2.45, 2.75) is 65.2 Å². The predicted molar refractivity (Wildman–Crippen MR) is 187 cm³/mol. The number of H-pyrrole nitrogens is 2. The summed E-state index contributed by atoms with van der Waals surface area (Å²) in [5, 5.41) is 5.47. The number of hydrogen-bond donors (Lipinski definition) is 4. The van der Waals surface area contributed by atoms with Gasteiger partial charge in [-0.15, -0.1) is 0 Å². The molecule has 50 heavy (non-hydrogen) atoms. The van der Waals surface area contributed by atoms with Crippen molar-refractivity contribution in [3.05, 3.63) is 72.6 Å². The monoisotopic (exact) mass is 680 g/mol. The average molecular weight is 681 g/mol. The van der Waals surface area contributed by atoms with Gasteiger partial charge in [-0.1, -0.05) is 76.2 Å². The number of carbonyl (C=O) groups excluding carboxylic acids is 4. The van der Waals surface area contributed by atoms with Crippen LogP contribution in [-0.2, 0) is 25.7 Å². The van der Waals surface area contributed by atoms with Crippen LogP contribution in [0.25, 0.3) is 33.6 Å². The summed E-state index contributed by atoms with van der Waals surface area (Å²) in [6.07, 6.45) is 4.55. The van der Waals surface area contributed by atoms with Crippen molar-refractivity contribution in [3.63, 3.8) is 0 Å². The summed E-state index contributed by atoms with van der Waals surface area (Å²) in [6, 6.07) is 14.9. The lowest BCUT2D eigenvalue weighted by atomic mass is 10.0. The average Bonchev–Trinajstić information content (AvgIpc) is 3.90. The number of carbonyl (C=O) groups is 4. The maximum absolute atomic E-state index is 13.5. The number of likely N-dealkylation sites (tertiary alicyclic amines) is 1. The summed E-state index contributed by atoms with van der Waals surface area (Å²) in [4.78, 5) is 69.6. The molecule has 2 aromatic heterocycles. The highest BCUT2D eigenvalue weighted by atomic mass is 16.5. The van der Waals surface area contributed by atoms with Crippen LogP contribution in [0.1, 0.15) is 58.2 Å². The van der Waals surface area contributed by atoms with Crippen LogP contribution in [-0.4, -0.2) is 85.8 Å². The van der Waals surface area contributed by atoms with E-state index in [4.69, 9.17) is 4.74 Å². The van der Waals surface area contributed by atoms with E-state index < -0.39 is 18.2 Å². The Morgan fingerprint density at radius 3 is 2.10 bits per heavy atom. The number of rotatable bonds is 10. The first-order valence-electron chi connectivity index (χ1n) is 17.1. The maximum Gasteiger partial charge on any atom is 0.407 e. The van der Waals surface area contributed by atoms with E-state index in [0.717, 1.165) is 52.3 Å². The lowest BCUT2D eigenvalue weighted by Crippen LogP contribution is -2.59. The van der Waals surface area contributed by atoms with Crippen LogP contribution in [0, 0.1) is 11.8 Å². The molecular weight excluding hydrogens is 636 g/mol. The Balaban J connectivity index is 1.10. The summed E-state index contributed by atoms with van der Waals surface area (Å²) in [7, 11) is 1.29. The minimum Gasteiger partial charge on any atom is -0.453 e. The van der Waals surface area contributed by atoms with E-state index in [1.807, 2.05) is 52.0 Å². The van der Waals surface area contributed by atoms with E-state index in [2.05, 4.69) is 54.8 Å². The molecule has 2 fully saturated rings. The number of nitrogens with one attached hydrogen (secondary N) is 4. The van der Waals surface area contributed by atoms with Crippen LogP contribution in [0.5, 0.6) is 0 Å². The minimum absolute atomic E-state index is 0.00365. The van der Waals surface area contributed by atoms with Crippen LogP contribution in [0.15, 0.2) is 60.9 Å². The van der Waals surface area contributed by atoms with Gasteiger partial charge in [-0.3, -0.25) is 14.4 Å². The third-order valence-electron chi connectivity index (χ3n) is 9.43. The SMILES string of the molecule is COC(=O)N[C@H](C(=O)N1CCC[C@H]1c1ncc(-c2ccc(-c3ccc(-c4cnc(CN5CC(=O)N[C@@H](C(C)C)C5=O)[nH]4)cc3)cc2)[nH]1)C(C)C. The Kier molecular flexibility index (Phi) is 10.0. The normalized spacial score (nSPS) is 18.5. The van der Waals surface area contributed by atoms with Crippen molar-refractivity contribution < 1.29 is 23.9 Å². The van der Waals surface area contributed by atoms with E-state index in [9.17, 15) is 19.2 Å². The van der Waals surface area contributed by atoms with Gasteiger partial charge in [-0.05, 0) is 46.9 Å². The molecule has 0 unspecified atom stereocenters. The zero-order valence-electron chi connectivity index (χ0n) is 29.0. The summed E-state index contributed by atoms with van der Waals surface area (Å²) in [5.74, 6) is 0.845. The number of alkyl carbamates (subject to hydrolysis) is 1. The fourth-order valence-electron chi connectivity index (χ4n) is 6.61. The molecule has 0 radical (unpaired) electrons. The smallest absolute Gasteiger partial charge is 0.407 e. The largest absolute Gasteiger partial charge is 0.453 e. The van der Waals surface area contributed by atoms with Gasteiger partial charge in [-0.25, -0.2) is 14.8 Å². The van der Waals surface area contributed by atoms with Crippen molar-refractivity contribution in [1.82, 2.24) is 40.4 Å². The van der Waals surface area contributed by atoms with Gasteiger partial charge in [0.15, 0.2) is 0 Å². The van der Waals surface area contributed by atoms with Gasteiger partial charge in [0.1, 0.15) is 30.3 Å². The van der Waals surface area contributed by atoms with E-state index >= 15 is 0 Å². The summed E-state index contributed by atoms with van der Waals surface area (Å²) < 4.78 is 4.74. The van der Waals surface area contributed by atoms with Crippen LogP contribution < -0.4 is 10.6 Å². The molecule has 4 heterocycles. The van der Waals surface area contributed by atoms with E-state index in [0.29, 0.717) is 12.4 Å². The first-order valence-corrected chi connectivity index (χ1v) is 17.1. The second-order valence-corrected chi connectivity index (χ2v) is 13.6. The highest BCUT2D eigenvalue weighted by Gasteiger charge is 2.38. The number of aromatic amines is 2. The van der Waals surface area contributed by atoms with Gasteiger partial charge in [-0.2, -0.15) is 0 Å². The molecule has 0 saturated carbocycles. The van der Waals surface area contributed by atoms with E-state index in [1.165, 1.54) is 7.11 Å². The molecule has 13 heteroatoms. The molecular formula is C37H44N8O5. The third-order valence-corrected chi connectivity index (χ3v) is 9.43. The van der Waals surface area contributed by atoms with Crippen LogP contribution >= 0.6 is 0 Å². The zero-order valence-corrected chi connectivity index (χ0v) is 29.0. The quantitative estimate of drug-likeness (QED) is 0.189. The number of piperazine rings is 1. The Morgan fingerprint density at radius 2 is 1.50 bits per heavy atom. The molecule has 0 spiro atoms. The molecule has 4 aromatic rings. The van der Waals surface area contributed by atoms with Gasteiger partial charge < -0.3 is 35.1 Å². The van der Waals surface area contributed by atoms with Crippen LogP contribution in [0.4, 0.5) is 4.79 Å². The minimum atomic E-state index is -0.684. The Labute approximate surface area is 291 Å². The summed E-state index contributed by atoms with van der Waals surface area (Å²) >= 11 is 0. The highest BCUT2D eigenvalue weighted by molar-refractivity contribution is 5.95. The Morgan fingerprint density at radius 1 is 0.900 bits per heavy atom. The number of hydrogen-bond acceptors (Lipinski definition) is 7. The van der Waals surface area contributed by atoms with Crippen LogP contribution in [0.2, 0.25) is 0 Å². The molecule has 0 bridgehead atoms. The van der Waals surface area contributed by atoms with Gasteiger partial charge in [0.2, 0.25) is 17.7 Å². The van der Waals surface area contributed by atoms with Crippen molar-refractivity contribution >= 4 is 23.8 Å². The molecule has 2 aliphatic heterocycles. The van der Waals surface area contributed by atoms with Crippen molar-refractivity contribution in [3.8, 4) is 33.6 Å². The van der Waals surface area contributed by atoms with Gasteiger partial charge in [0.05, 0.1) is 43.5 Å². The van der Waals surface area contributed by atoms with Crippen molar-refractivity contribution in [2.75, 3.05) is 20.2 Å². The first kappa shape index (κ1) is 34.4. The van der Waals surface area contributed by atoms with Gasteiger partial charge >= 0.3 is 6.09 Å². The molecule has 13 nitrogen and oxygen atoms in total. The Bertz CT molecular complexity index is 1850. The number of nitrogens with zero attached hydrogens (tertiary/aromatic N) is 4. The molecule has 2 aliphatic rings. The number of methoxy groups -OCH3 is 1. The molecule has 2 saturated heterocycles. The zero-order chi connectivity index (χ0) is 35.5. The molecule has 4 amide bonds. The number of imidazole rings is 2. The first-order chi connectivity index (χ1) is 24.0. The summed E-state index contributed by atoms with van der Waals surface area (Å²) in [6.45, 7) is 8.48. The molecule has 3 atom stereocenters. The summed E-state index contributed by atoms with van der Waals surface area (Å²) in [5.41, 5.74) is 5.72. The fourth-order valence-corrected chi connectivity index (χ4v) is 6.61. The number of amides is 4. The molecule has 262 valence electrons. The number of benzene rings is 2. The van der Waals surface area contributed by atoms with Crippen molar-refractivity contribution in [1.29, 1.82) is 0 Å². The molecule has 4 N–H and O–H groups in total. The lowest BCUT2D eigenvalue weighted by molar-refractivity contribution is -0.146. The topological polar surface area (TPSA) is 165 Å². The molecule has 2 aromatic carbocycles. The van der Waals surface area contributed by atoms with Gasteiger partial charge in [0, 0.05) is 6.54 Å². The number of aromatic nitrogens is 4.